The van der Waals surface area contributed by atoms with Crippen LogP contribution in [0.25, 0.3) is 16.3 Å². The van der Waals surface area contributed by atoms with Crippen LogP contribution in [0, 0.1) is 6.92 Å². The molecule has 6 nitrogen and oxygen atoms in total. The van der Waals surface area contributed by atoms with Crippen molar-refractivity contribution in [3.05, 3.63) is 63.0 Å². The van der Waals surface area contributed by atoms with Crippen LogP contribution in [-0.4, -0.2) is 22.2 Å². The van der Waals surface area contributed by atoms with E-state index < -0.39 is 0 Å². The molecule has 4 rings (SSSR count). The Morgan fingerprint density at radius 3 is 3.04 bits per heavy atom. The van der Waals surface area contributed by atoms with Crippen molar-refractivity contribution >= 4 is 33.5 Å². The predicted octanol–water partition coefficient (Wildman–Crippen LogP) is 2.31. The number of thiophene rings is 1. The highest BCUT2D eigenvalue weighted by molar-refractivity contribution is 7.16. The number of para-hydroxylation sites is 1. The average molecular weight is 339 g/mol. The summed E-state index contributed by atoms with van der Waals surface area (Å²) in [5.41, 5.74) is 3.62. The van der Waals surface area contributed by atoms with E-state index in [1.54, 1.807) is 24.4 Å². The van der Waals surface area contributed by atoms with E-state index in [9.17, 15) is 9.59 Å². The van der Waals surface area contributed by atoms with Gasteiger partial charge in [0, 0.05) is 5.56 Å². The molecule has 0 radical (unpaired) electrons. The Bertz CT molecular complexity index is 1050. The molecule has 1 aliphatic rings. The molecule has 1 aliphatic heterocycles. The molecular weight excluding hydrogens is 326 g/mol. The number of hydrogen-bond acceptors (Lipinski definition) is 5. The summed E-state index contributed by atoms with van der Waals surface area (Å²) in [7, 11) is 0. The third kappa shape index (κ3) is 2.39. The van der Waals surface area contributed by atoms with Gasteiger partial charge in [-0.05, 0) is 30.5 Å². The Balaban J connectivity index is 1.68. The number of benzene rings is 1. The Hall–Kier alpha value is -2.93. The van der Waals surface area contributed by atoms with Gasteiger partial charge in [-0.2, -0.15) is 0 Å². The van der Waals surface area contributed by atoms with Crippen LogP contribution in [0.2, 0.25) is 0 Å². The summed E-state index contributed by atoms with van der Waals surface area (Å²) in [6.07, 6.45) is 1.77. The van der Waals surface area contributed by atoms with Gasteiger partial charge in [0.05, 0.1) is 11.0 Å². The highest BCUT2D eigenvalue weighted by atomic mass is 32.1. The van der Waals surface area contributed by atoms with Crippen molar-refractivity contribution in [2.75, 3.05) is 12.0 Å². The van der Waals surface area contributed by atoms with Gasteiger partial charge < -0.3 is 4.74 Å². The first-order valence-corrected chi connectivity index (χ1v) is 8.22. The molecule has 0 unspecified atom stereocenters. The van der Waals surface area contributed by atoms with Crippen LogP contribution >= 0.6 is 11.3 Å². The summed E-state index contributed by atoms with van der Waals surface area (Å²) in [6, 6.07) is 9.18. The fourth-order valence-electron chi connectivity index (χ4n) is 2.57. The number of aromatic nitrogens is 2. The van der Waals surface area contributed by atoms with Gasteiger partial charge in [-0.15, -0.1) is 11.3 Å². The SMILES string of the molecule is Cc1nc2sccc2c(=O)n1NC(=O)C1=Cc2ccccc2OC1. The minimum atomic E-state index is -0.383. The maximum Gasteiger partial charge on any atom is 0.281 e. The molecule has 0 saturated carbocycles. The number of fused-ring (bicyclic) bond motifs is 2. The van der Waals surface area contributed by atoms with E-state index in [0.717, 1.165) is 11.3 Å². The second-order valence-corrected chi connectivity index (χ2v) is 6.27. The number of aryl methyl sites for hydroxylation is 1. The molecule has 0 aliphatic carbocycles. The molecule has 3 aromatic rings. The first kappa shape index (κ1) is 14.6. The van der Waals surface area contributed by atoms with Crippen molar-refractivity contribution in [3.63, 3.8) is 0 Å². The van der Waals surface area contributed by atoms with E-state index in [1.165, 1.54) is 16.0 Å². The predicted molar refractivity (Wildman–Crippen MR) is 92.9 cm³/mol. The second-order valence-electron chi connectivity index (χ2n) is 5.38. The van der Waals surface area contributed by atoms with E-state index in [-0.39, 0.29) is 18.1 Å². The highest BCUT2D eigenvalue weighted by Gasteiger charge is 2.19. The summed E-state index contributed by atoms with van der Waals surface area (Å²) in [5, 5.41) is 2.30. The number of amides is 1. The van der Waals surface area contributed by atoms with Crippen molar-refractivity contribution in [1.82, 2.24) is 9.66 Å². The summed E-state index contributed by atoms with van der Waals surface area (Å²) in [6.45, 7) is 1.84. The summed E-state index contributed by atoms with van der Waals surface area (Å²) < 4.78 is 6.76. The quantitative estimate of drug-likeness (QED) is 0.778. The van der Waals surface area contributed by atoms with E-state index in [0.29, 0.717) is 21.6 Å². The molecule has 0 atom stereocenters. The van der Waals surface area contributed by atoms with Crippen LogP contribution in [0.1, 0.15) is 11.4 Å². The molecule has 1 amide bonds. The molecule has 0 bridgehead atoms. The fraction of sp³-hybridized carbons (Fsp3) is 0.118. The zero-order valence-electron chi connectivity index (χ0n) is 12.8. The Kier molecular flexibility index (Phi) is 3.42. The van der Waals surface area contributed by atoms with Crippen molar-refractivity contribution in [2.45, 2.75) is 6.92 Å². The van der Waals surface area contributed by atoms with Crippen LogP contribution in [0.3, 0.4) is 0 Å². The lowest BCUT2D eigenvalue weighted by molar-refractivity contribution is -0.114. The molecule has 3 heterocycles. The van der Waals surface area contributed by atoms with Gasteiger partial charge in [0.2, 0.25) is 0 Å². The molecule has 1 aromatic carbocycles. The van der Waals surface area contributed by atoms with Crippen LogP contribution in [0.15, 0.2) is 46.1 Å². The number of carbonyl (C=O) groups is 1. The zero-order valence-corrected chi connectivity index (χ0v) is 13.6. The van der Waals surface area contributed by atoms with Gasteiger partial charge in [0.25, 0.3) is 11.5 Å². The smallest absolute Gasteiger partial charge is 0.281 e. The van der Waals surface area contributed by atoms with Gasteiger partial charge in [0.15, 0.2) is 0 Å². The topological polar surface area (TPSA) is 73.2 Å². The van der Waals surface area contributed by atoms with Crippen molar-refractivity contribution < 1.29 is 9.53 Å². The number of carbonyl (C=O) groups excluding carboxylic acids is 1. The van der Waals surface area contributed by atoms with E-state index in [1.807, 2.05) is 24.3 Å². The van der Waals surface area contributed by atoms with Crippen LogP contribution in [-0.2, 0) is 4.79 Å². The first-order chi connectivity index (χ1) is 11.6. The number of rotatable bonds is 2. The molecule has 0 spiro atoms. The highest BCUT2D eigenvalue weighted by Crippen LogP contribution is 2.25. The van der Waals surface area contributed by atoms with Gasteiger partial charge in [-0.3, -0.25) is 15.0 Å². The molecule has 120 valence electrons. The lowest BCUT2D eigenvalue weighted by Crippen LogP contribution is -2.37. The zero-order chi connectivity index (χ0) is 16.7. The summed E-state index contributed by atoms with van der Waals surface area (Å²) >= 11 is 1.40. The second kappa shape index (κ2) is 5.61. The van der Waals surface area contributed by atoms with E-state index in [4.69, 9.17) is 4.74 Å². The number of nitrogens with zero attached hydrogens (tertiary/aromatic N) is 2. The maximum atomic E-state index is 12.5. The fourth-order valence-corrected chi connectivity index (χ4v) is 3.37. The van der Waals surface area contributed by atoms with Gasteiger partial charge >= 0.3 is 0 Å². The molecule has 0 fully saturated rings. The Morgan fingerprint density at radius 2 is 2.17 bits per heavy atom. The molecular formula is C17H13N3O3S. The molecule has 7 heteroatoms. The van der Waals surface area contributed by atoms with Gasteiger partial charge in [0.1, 0.15) is 23.0 Å². The molecule has 24 heavy (non-hydrogen) atoms. The normalized spacial score (nSPS) is 13.1. The Morgan fingerprint density at radius 1 is 1.33 bits per heavy atom. The van der Waals surface area contributed by atoms with E-state index in [2.05, 4.69) is 10.4 Å². The molecule has 1 N–H and O–H groups in total. The van der Waals surface area contributed by atoms with Crippen molar-refractivity contribution in [2.24, 2.45) is 0 Å². The number of nitrogens with one attached hydrogen (secondary N) is 1. The average Bonchev–Trinajstić information content (AvgIpc) is 3.06. The third-order valence-corrected chi connectivity index (χ3v) is 4.61. The van der Waals surface area contributed by atoms with Crippen LogP contribution < -0.4 is 15.7 Å². The van der Waals surface area contributed by atoms with E-state index >= 15 is 0 Å². The standard InChI is InChI=1S/C17H13N3O3S/c1-10-18-16-13(6-7-24-16)17(22)20(10)19-15(21)12-8-11-4-2-3-5-14(11)23-9-12/h2-8H,9H2,1H3,(H,19,21). The lowest BCUT2D eigenvalue weighted by atomic mass is 10.1. The van der Waals surface area contributed by atoms with Crippen molar-refractivity contribution in [3.8, 4) is 5.75 Å². The molecule has 2 aromatic heterocycles. The molecule has 0 saturated heterocycles. The minimum Gasteiger partial charge on any atom is -0.488 e. The number of ether oxygens (including phenoxy) is 1. The summed E-state index contributed by atoms with van der Waals surface area (Å²) in [4.78, 5) is 30.0. The maximum absolute atomic E-state index is 12.5. The van der Waals surface area contributed by atoms with Crippen molar-refractivity contribution in [1.29, 1.82) is 0 Å². The first-order valence-electron chi connectivity index (χ1n) is 7.34. The Labute approximate surface area is 141 Å². The monoisotopic (exact) mass is 339 g/mol. The number of hydrogen-bond donors (Lipinski definition) is 1. The van der Waals surface area contributed by atoms with Gasteiger partial charge in [-0.25, -0.2) is 9.66 Å². The van der Waals surface area contributed by atoms with Gasteiger partial charge in [-0.1, -0.05) is 18.2 Å². The summed E-state index contributed by atoms with van der Waals surface area (Å²) in [5.74, 6) is 0.788. The largest absolute Gasteiger partial charge is 0.488 e. The van der Waals surface area contributed by atoms with Crippen LogP contribution in [0.5, 0.6) is 5.75 Å². The third-order valence-electron chi connectivity index (χ3n) is 3.80. The van der Waals surface area contributed by atoms with Crippen LogP contribution in [0.4, 0.5) is 0 Å². The lowest BCUT2D eigenvalue weighted by Gasteiger charge is -2.18. The minimum absolute atomic E-state index is 0.158.